The first-order valence-electron chi connectivity index (χ1n) is 9.91. The number of benzene rings is 1. The van der Waals surface area contributed by atoms with Crippen LogP contribution in [0.4, 0.5) is 5.69 Å². The zero-order chi connectivity index (χ0) is 21.1. The fourth-order valence-electron chi connectivity index (χ4n) is 3.34. The Labute approximate surface area is 174 Å². The Kier molecular flexibility index (Phi) is 5.56. The molecular weight excluding hydrogens is 382 g/mol. The molecule has 2 aromatic heterocycles. The first-order chi connectivity index (χ1) is 14.5. The van der Waals surface area contributed by atoms with Crippen LogP contribution in [-0.2, 0) is 16.1 Å². The molecule has 30 heavy (non-hydrogen) atoms. The van der Waals surface area contributed by atoms with Gasteiger partial charge in [-0.1, -0.05) is 25.1 Å². The van der Waals surface area contributed by atoms with Gasteiger partial charge in [-0.05, 0) is 35.9 Å². The van der Waals surface area contributed by atoms with Crippen LogP contribution in [0.5, 0.6) is 0 Å². The van der Waals surface area contributed by atoms with Crippen LogP contribution < -0.4 is 5.32 Å². The number of carbonyl (C=O) groups is 2. The summed E-state index contributed by atoms with van der Waals surface area (Å²) in [5.74, 6) is 0.732. The fraction of sp³-hybridized carbons (Fsp3) is 0.318. The summed E-state index contributed by atoms with van der Waals surface area (Å²) in [5.41, 5.74) is 2.39. The molecule has 1 aliphatic heterocycles. The highest BCUT2D eigenvalue weighted by Crippen LogP contribution is 2.24. The summed E-state index contributed by atoms with van der Waals surface area (Å²) in [7, 11) is 0. The predicted octanol–water partition coefficient (Wildman–Crippen LogP) is 3.24. The average molecular weight is 405 g/mol. The summed E-state index contributed by atoms with van der Waals surface area (Å²) < 4.78 is 5.29. The SMILES string of the molecule is CC(C)c1noc(-c2ccc(NC(=O)C3CC(=O)N(Cc4cccnc4)C3)cc2)n1. The quantitative estimate of drug-likeness (QED) is 0.676. The maximum Gasteiger partial charge on any atom is 0.257 e. The third-order valence-corrected chi connectivity index (χ3v) is 5.04. The lowest BCUT2D eigenvalue weighted by Crippen LogP contribution is -2.28. The van der Waals surface area contributed by atoms with Crippen LogP contribution in [0.15, 0.2) is 53.3 Å². The summed E-state index contributed by atoms with van der Waals surface area (Å²) in [6.45, 7) is 4.86. The molecule has 3 heterocycles. The van der Waals surface area contributed by atoms with Crippen LogP contribution in [-0.4, -0.2) is 38.4 Å². The molecule has 0 radical (unpaired) electrons. The molecule has 8 heteroatoms. The van der Waals surface area contributed by atoms with E-state index in [9.17, 15) is 9.59 Å². The van der Waals surface area contributed by atoms with Gasteiger partial charge in [-0.3, -0.25) is 14.6 Å². The van der Waals surface area contributed by atoms with Gasteiger partial charge in [-0.15, -0.1) is 0 Å². The Morgan fingerprint density at radius 2 is 2.07 bits per heavy atom. The first-order valence-corrected chi connectivity index (χ1v) is 9.91. The van der Waals surface area contributed by atoms with Crippen LogP contribution >= 0.6 is 0 Å². The van der Waals surface area contributed by atoms with Gasteiger partial charge in [0.05, 0.1) is 5.92 Å². The van der Waals surface area contributed by atoms with Crippen LogP contribution in [0.1, 0.15) is 37.6 Å². The van der Waals surface area contributed by atoms with Crippen molar-refractivity contribution >= 4 is 17.5 Å². The van der Waals surface area contributed by atoms with Gasteiger partial charge >= 0.3 is 0 Å². The van der Waals surface area contributed by atoms with Gasteiger partial charge in [0, 0.05) is 49.1 Å². The number of hydrogen-bond donors (Lipinski definition) is 1. The minimum atomic E-state index is -0.376. The van der Waals surface area contributed by atoms with E-state index in [1.807, 2.05) is 38.1 Å². The van der Waals surface area contributed by atoms with Crippen molar-refractivity contribution in [3.63, 3.8) is 0 Å². The maximum atomic E-state index is 12.6. The second-order valence-corrected chi connectivity index (χ2v) is 7.72. The predicted molar refractivity (Wildman–Crippen MR) is 110 cm³/mol. The lowest BCUT2D eigenvalue weighted by Gasteiger charge is -2.16. The maximum absolute atomic E-state index is 12.6. The molecule has 1 atom stereocenters. The molecule has 1 unspecified atom stereocenters. The monoisotopic (exact) mass is 405 g/mol. The number of carbonyl (C=O) groups excluding carboxylic acids is 2. The normalized spacial score (nSPS) is 16.3. The molecule has 1 N–H and O–H groups in total. The van der Waals surface area contributed by atoms with Crippen molar-refractivity contribution in [1.82, 2.24) is 20.0 Å². The highest BCUT2D eigenvalue weighted by Gasteiger charge is 2.34. The van der Waals surface area contributed by atoms with Crippen LogP contribution in [0.25, 0.3) is 11.5 Å². The molecule has 154 valence electrons. The molecule has 1 saturated heterocycles. The van der Waals surface area contributed by atoms with Crippen LogP contribution in [0, 0.1) is 5.92 Å². The van der Waals surface area contributed by atoms with Crippen molar-refractivity contribution in [2.45, 2.75) is 32.7 Å². The van der Waals surface area contributed by atoms with Gasteiger partial charge in [0.1, 0.15) is 0 Å². The lowest BCUT2D eigenvalue weighted by atomic mass is 10.1. The van der Waals surface area contributed by atoms with E-state index in [1.54, 1.807) is 29.4 Å². The second-order valence-electron chi connectivity index (χ2n) is 7.72. The summed E-state index contributed by atoms with van der Waals surface area (Å²) in [6.07, 6.45) is 3.64. The molecule has 0 spiro atoms. The summed E-state index contributed by atoms with van der Waals surface area (Å²) >= 11 is 0. The van der Waals surface area contributed by atoms with Crippen molar-refractivity contribution in [1.29, 1.82) is 0 Å². The molecule has 8 nitrogen and oxygen atoms in total. The van der Waals surface area contributed by atoms with Crippen molar-refractivity contribution < 1.29 is 14.1 Å². The summed E-state index contributed by atoms with van der Waals surface area (Å²) in [6, 6.07) is 11.0. The largest absolute Gasteiger partial charge is 0.337 e. The van der Waals surface area contributed by atoms with Crippen molar-refractivity contribution in [2.75, 3.05) is 11.9 Å². The van der Waals surface area contributed by atoms with E-state index >= 15 is 0 Å². The minimum Gasteiger partial charge on any atom is -0.337 e. The third-order valence-electron chi connectivity index (χ3n) is 5.04. The van der Waals surface area contributed by atoms with Gasteiger partial charge in [0.2, 0.25) is 11.8 Å². The van der Waals surface area contributed by atoms with Crippen LogP contribution in [0.3, 0.4) is 0 Å². The Balaban J connectivity index is 1.36. The van der Waals surface area contributed by atoms with Crippen molar-refractivity contribution in [3.8, 4) is 11.5 Å². The third kappa shape index (κ3) is 4.37. The van der Waals surface area contributed by atoms with E-state index in [0.29, 0.717) is 30.5 Å². The Hall–Kier alpha value is -3.55. The summed E-state index contributed by atoms with van der Waals surface area (Å²) in [4.78, 5) is 35.1. The van der Waals surface area contributed by atoms with Gasteiger partial charge in [0.25, 0.3) is 5.89 Å². The number of likely N-dealkylation sites (tertiary alicyclic amines) is 1. The van der Waals surface area contributed by atoms with Gasteiger partial charge in [0.15, 0.2) is 5.82 Å². The van der Waals surface area contributed by atoms with E-state index in [0.717, 1.165) is 11.1 Å². The number of aromatic nitrogens is 3. The number of rotatable bonds is 6. The molecular formula is C22H23N5O3. The number of nitrogens with zero attached hydrogens (tertiary/aromatic N) is 4. The van der Waals surface area contributed by atoms with Gasteiger partial charge in [-0.2, -0.15) is 4.98 Å². The number of pyridine rings is 1. The Bertz CT molecular complexity index is 1030. The van der Waals surface area contributed by atoms with E-state index < -0.39 is 0 Å². The average Bonchev–Trinajstić information content (AvgIpc) is 3.37. The van der Waals surface area contributed by atoms with E-state index in [-0.39, 0.29) is 30.1 Å². The smallest absolute Gasteiger partial charge is 0.257 e. The number of amides is 2. The summed E-state index contributed by atoms with van der Waals surface area (Å²) in [5, 5.41) is 6.86. The number of nitrogens with one attached hydrogen (secondary N) is 1. The first kappa shape index (κ1) is 19.8. The van der Waals surface area contributed by atoms with E-state index in [2.05, 4.69) is 20.4 Å². The molecule has 0 saturated carbocycles. The lowest BCUT2D eigenvalue weighted by molar-refractivity contribution is -0.128. The number of hydrogen-bond acceptors (Lipinski definition) is 6. The highest BCUT2D eigenvalue weighted by atomic mass is 16.5. The molecule has 0 bridgehead atoms. The standard InChI is InChI=1S/C22H23N5O3/c1-14(2)20-25-22(30-26-20)16-5-7-18(8-6-16)24-21(29)17-10-19(28)27(13-17)12-15-4-3-9-23-11-15/h3-9,11,14,17H,10,12-13H2,1-2H3,(H,24,29). The fourth-order valence-corrected chi connectivity index (χ4v) is 3.34. The molecule has 1 aliphatic rings. The minimum absolute atomic E-state index is 0.0216. The zero-order valence-electron chi connectivity index (χ0n) is 16.9. The second kappa shape index (κ2) is 8.44. The Morgan fingerprint density at radius 1 is 1.27 bits per heavy atom. The molecule has 3 aromatic rings. The highest BCUT2D eigenvalue weighted by molar-refractivity contribution is 5.97. The molecule has 0 aliphatic carbocycles. The van der Waals surface area contributed by atoms with Gasteiger partial charge < -0.3 is 14.7 Å². The molecule has 1 aromatic carbocycles. The molecule has 2 amide bonds. The van der Waals surface area contributed by atoms with Gasteiger partial charge in [-0.25, -0.2) is 0 Å². The number of anilines is 1. The van der Waals surface area contributed by atoms with Crippen molar-refractivity contribution in [3.05, 3.63) is 60.2 Å². The topological polar surface area (TPSA) is 101 Å². The van der Waals surface area contributed by atoms with Crippen LogP contribution in [0.2, 0.25) is 0 Å². The molecule has 1 fully saturated rings. The Morgan fingerprint density at radius 3 is 2.73 bits per heavy atom. The van der Waals surface area contributed by atoms with E-state index in [1.165, 1.54) is 0 Å². The van der Waals surface area contributed by atoms with Crippen molar-refractivity contribution in [2.24, 2.45) is 5.92 Å². The van der Waals surface area contributed by atoms with E-state index in [4.69, 9.17) is 4.52 Å². The zero-order valence-corrected chi connectivity index (χ0v) is 16.9. The molecule has 4 rings (SSSR count).